The van der Waals surface area contributed by atoms with Crippen LogP contribution in [0.4, 0.5) is 0 Å². The Labute approximate surface area is 85.3 Å². The van der Waals surface area contributed by atoms with Gasteiger partial charge in [0.1, 0.15) is 5.82 Å². The van der Waals surface area contributed by atoms with Crippen LogP contribution < -0.4 is 0 Å². The maximum atomic E-state index is 4.57. The van der Waals surface area contributed by atoms with Crippen LogP contribution in [0.15, 0.2) is 0 Å². The molecule has 1 atom stereocenters. The molecule has 1 heterocycles. The molecule has 2 rings (SSSR count). The summed E-state index contributed by atoms with van der Waals surface area (Å²) in [6, 6.07) is 0. The van der Waals surface area contributed by atoms with Gasteiger partial charge < -0.3 is 0 Å². The van der Waals surface area contributed by atoms with Crippen molar-refractivity contribution in [3.63, 3.8) is 0 Å². The zero-order valence-corrected chi connectivity index (χ0v) is 9.46. The van der Waals surface area contributed by atoms with E-state index in [-0.39, 0.29) is 5.41 Å². The SMILES string of the molecule is CC(c1n[nH]c(C2CC2)n1)C(C)(C)C. The average Bonchev–Trinajstić information content (AvgIpc) is 2.82. The molecule has 14 heavy (non-hydrogen) atoms. The van der Waals surface area contributed by atoms with E-state index in [0.717, 1.165) is 11.6 Å². The third-order valence-electron chi connectivity index (χ3n) is 3.17. The second-order valence-corrected chi connectivity index (χ2v) is 5.44. The van der Waals surface area contributed by atoms with E-state index in [1.54, 1.807) is 0 Å². The molecule has 3 heteroatoms. The summed E-state index contributed by atoms with van der Waals surface area (Å²) < 4.78 is 0. The van der Waals surface area contributed by atoms with Crippen LogP contribution in [-0.2, 0) is 0 Å². The molecule has 0 amide bonds. The number of rotatable bonds is 2. The summed E-state index contributed by atoms with van der Waals surface area (Å²) in [5.41, 5.74) is 0.239. The van der Waals surface area contributed by atoms with Crippen molar-refractivity contribution in [3.05, 3.63) is 11.6 Å². The highest BCUT2D eigenvalue weighted by atomic mass is 15.2. The molecular weight excluding hydrogens is 174 g/mol. The number of H-pyrrole nitrogens is 1. The molecule has 1 saturated carbocycles. The molecule has 0 bridgehead atoms. The molecule has 1 aliphatic rings. The highest BCUT2D eigenvalue weighted by Gasteiger charge is 2.30. The summed E-state index contributed by atoms with van der Waals surface area (Å²) >= 11 is 0. The predicted octanol–water partition coefficient (Wildman–Crippen LogP) is 2.83. The van der Waals surface area contributed by atoms with Crippen LogP contribution in [0.3, 0.4) is 0 Å². The summed E-state index contributed by atoms with van der Waals surface area (Å²) in [6.45, 7) is 8.88. The lowest BCUT2D eigenvalue weighted by atomic mass is 9.82. The van der Waals surface area contributed by atoms with Gasteiger partial charge in [-0.2, -0.15) is 5.10 Å². The van der Waals surface area contributed by atoms with Gasteiger partial charge in [0.05, 0.1) is 0 Å². The summed E-state index contributed by atoms with van der Waals surface area (Å²) in [4.78, 5) is 4.57. The van der Waals surface area contributed by atoms with Crippen molar-refractivity contribution in [1.29, 1.82) is 0 Å². The first-order chi connectivity index (χ1) is 6.48. The van der Waals surface area contributed by atoms with Crippen molar-refractivity contribution >= 4 is 0 Å². The molecule has 0 radical (unpaired) electrons. The third kappa shape index (κ3) is 1.81. The Bertz CT molecular complexity index is 318. The van der Waals surface area contributed by atoms with Gasteiger partial charge in [-0.15, -0.1) is 0 Å². The van der Waals surface area contributed by atoms with Crippen LogP contribution in [0, 0.1) is 5.41 Å². The van der Waals surface area contributed by atoms with E-state index in [1.807, 2.05) is 0 Å². The van der Waals surface area contributed by atoms with Crippen molar-refractivity contribution in [2.45, 2.75) is 52.4 Å². The zero-order chi connectivity index (χ0) is 10.3. The van der Waals surface area contributed by atoms with E-state index in [9.17, 15) is 0 Å². The van der Waals surface area contributed by atoms with E-state index in [1.165, 1.54) is 12.8 Å². The third-order valence-corrected chi connectivity index (χ3v) is 3.17. The number of nitrogens with zero attached hydrogens (tertiary/aromatic N) is 2. The molecular formula is C11H19N3. The zero-order valence-electron chi connectivity index (χ0n) is 9.46. The smallest absolute Gasteiger partial charge is 0.154 e. The van der Waals surface area contributed by atoms with E-state index in [2.05, 4.69) is 42.9 Å². The summed E-state index contributed by atoms with van der Waals surface area (Å²) in [5.74, 6) is 3.14. The maximum Gasteiger partial charge on any atom is 0.154 e. The Morgan fingerprint density at radius 3 is 2.50 bits per heavy atom. The second kappa shape index (κ2) is 3.07. The lowest BCUT2D eigenvalue weighted by Crippen LogP contribution is -2.16. The molecule has 0 saturated heterocycles. The lowest BCUT2D eigenvalue weighted by Gasteiger charge is -2.24. The van der Waals surface area contributed by atoms with Gasteiger partial charge in [-0.05, 0) is 18.3 Å². The van der Waals surface area contributed by atoms with Crippen LogP contribution in [-0.4, -0.2) is 15.2 Å². The fraction of sp³-hybridized carbons (Fsp3) is 0.818. The van der Waals surface area contributed by atoms with E-state index in [4.69, 9.17) is 0 Å². The van der Waals surface area contributed by atoms with Crippen LogP contribution in [0.5, 0.6) is 0 Å². The van der Waals surface area contributed by atoms with Gasteiger partial charge in [0.15, 0.2) is 5.82 Å². The largest absolute Gasteiger partial charge is 0.263 e. The quantitative estimate of drug-likeness (QED) is 0.784. The first kappa shape index (κ1) is 9.69. The van der Waals surface area contributed by atoms with Crippen molar-refractivity contribution in [3.8, 4) is 0 Å². The van der Waals surface area contributed by atoms with Crippen molar-refractivity contribution in [2.75, 3.05) is 0 Å². The molecule has 1 aliphatic carbocycles. The Balaban J connectivity index is 2.15. The second-order valence-electron chi connectivity index (χ2n) is 5.44. The Morgan fingerprint density at radius 2 is 2.00 bits per heavy atom. The topological polar surface area (TPSA) is 41.6 Å². The van der Waals surface area contributed by atoms with E-state index in [0.29, 0.717) is 11.8 Å². The van der Waals surface area contributed by atoms with Gasteiger partial charge in [-0.25, -0.2) is 4.98 Å². The van der Waals surface area contributed by atoms with Gasteiger partial charge in [-0.1, -0.05) is 27.7 Å². The predicted molar refractivity (Wildman–Crippen MR) is 56.2 cm³/mol. The molecule has 0 spiro atoms. The molecule has 3 nitrogen and oxygen atoms in total. The van der Waals surface area contributed by atoms with Crippen molar-refractivity contribution in [1.82, 2.24) is 15.2 Å². The van der Waals surface area contributed by atoms with Crippen molar-refractivity contribution < 1.29 is 0 Å². The lowest BCUT2D eigenvalue weighted by molar-refractivity contribution is 0.328. The molecule has 0 aromatic carbocycles. The number of nitrogens with one attached hydrogen (secondary N) is 1. The van der Waals surface area contributed by atoms with Crippen LogP contribution >= 0.6 is 0 Å². The van der Waals surface area contributed by atoms with E-state index < -0.39 is 0 Å². The highest BCUT2D eigenvalue weighted by Crippen LogP contribution is 2.39. The minimum Gasteiger partial charge on any atom is -0.263 e. The summed E-state index contributed by atoms with van der Waals surface area (Å²) in [5, 5.41) is 7.37. The standard InChI is InChI=1S/C11H19N3/c1-7(11(2,3)4)9-12-10(14-13-9)8-5-6-8/h7-8H,5-6H2,1-4H3,(H,12,13,14). The van der Waals surface area contributed by atoms with Crippen LogP contribution in [0.25, 0.3) is 0 Å². The fourth-order valence-corrected chi connectivity index (χ4v) is 1.41. The first-order valence-electron chi connectivity index (χ1n) is 5.40. The van der Waals surface area contributed by atoms with Crippen LogP contribution in [0.1, 0.15) is 64.0 Å². The minimum absolute atomic E-state index is 0.239. The normalized spacial score (nSPS) is 19.7. The van der Waals surface area contributed by atoms with Gasteiger partial charge in [0, 0.05) is 11.8 Å². The van der Waals surface area contributed by atoms with Gasteiger partial charge >= 0.3 is 0 Å². The monoisotopic (exact) mass is 193 g/mol. The summed E-state index contributed by atoms with van der Waals surface area (Å²) in [7, 11) is 0. The highest BCUT2D eigenvalue weighted by molar-refractivity contribution is 5.08. The minimum atomic E-state index is 0.239. The molecule has 1 aromatic rings. The Morgan fingerprint density at radius 1 is 1.36 bits per heavy atom. The number of hydrogen-bond donors (Lipinski definition) is 1. The fourth-order valence-electron chi connectivity index (χ4n) is 1.41. The molecule has 1 aromatic heterocycles. The number of hydrogen-bond acceptors (Lipinski definition) is 2. The van der Waals surface area contributed by atoms with Gasteiger partial charge in [-0.3, -0.25) is 5.10 Å². The molecule has 0 aliphatic heterocycles. The number of aromatic nitrogens is 3. The molecule has 78 valence electrons. The van der Waals surface area contributed by atoms with Crippen LogP contribution in [0.2, 0.25) is 0 Å². The summed E-state index contributed by atoms with van der Waals surface area (Å²) in [6.07, 6.45) is 2.55. The average molecular weight is 193 g/mol. The Kier molecular flexibility index (Phi) is 2.13. The maximum absolute atomic E-state index is 4.57. The molecule has 1 unspecified atom stereocenters. The van der Waals surface area contributed by atoms with Gasteiger partial charge in [0.25, 0.3) is 0 Å². The number of aromatic amines is 1. The van der Waals surface area contributed by atoms with Gasteiger partial charge in [0.2, 0.25) is 0 Å². The van der Waals surface area contributed by atoms with Crippen molar-refractivity contribution in [2.24, 2.45) is 5.41 Å². The van der Waals surface area contributed by atoms with E-state index >= 15 is 0 Å². The molecule has 1 N–H and O–H groups in total. The molecule has 1 fully saturated rings. The Hall–Kier alpha value is -0.860. The first-order valence-corrected chi connectivity index (χ1v) is 5.40.